The molecule has 0 saturated carbocycles. The molecule has 0 bridgehead atoms. The quantitative estimate of drug-likeness (QED) is 0.525. The Morgan fingerprint density at radius 1 is 1.11 bits per heavy atom. The summed E-state index contributed by atoms with van der Waals surface area (Å²) < 4.78 is 10.6. The molecule has 1 fully saturated rings. The van der Waals surface area contributed by atoms with Crippen LogP contribution in [0, 0.1) is 0 Å². The summed E-state index contributed by atoms with van der Waals surface area (Å²) in [5.41, 5.74) is 1.18. The number of methoxy groups -OCH3 is 1. The zero-order chi connectivity index (χ0) is 19.3. The standard InChI is InChI=1S/C22H36N2O3/c1-3-4-5-6-13-24(15-14-23-16-18-27-19-17-23)22(25)12-9-20-7-10-21(26-2)11-8-20/h7-8,10-11H,3-6,9,12-19H2,1-2H3. The first-order valence-electron chi connectivity index (χ1n) is 10.4. The third-order valence-corrected chi connectivity index (χ3v) is 5.21. The van der Waals surface area contributed by atoms with Crippen molar-refractivity contribution in [3.8, 4) is 5.75 Å². The minimum absolute atomic E-state index is 0.274. The van der Waals surface area contributed by atoms with Crippen molar-refractivity contribution in [2.75, 3.05) is 53.0 Å². The van der Waals surface area contributed by atoms with Crippen LogP contribution in [0.5, 0.6) is 5.75 Å². The minimum atomic E-state index is 0.274. The number of unbranched alkanes of at least 4 members (excludes halogenated alkanes) is 3. The van der Waals surface area contributed by atoms with Gasteiger partial charge in [0.2, 0.25) is 5.91 Å². The number of nitrogens with zero attached hydrogens (tertiary/aromatic N) is 2. The van der Waals surface area contributed by atoms with Crippen LogP contribution in [-0.4, -0.2) is 68.8 Å². The first kappa shape index (κ1) is 21.7. The lowest BCUT2D eigenvalue weighted by Crippen LogP contribution is -2.43. The maximum Gasteiger partial charge on any atom is 0.222 e. The molecule has 1 saturated heterocycles. The summed E-state index contributed by atoms with van der Waals surface area (Å²) >= 11 is 0. The molecule has 0 aromatic heterocycles. The first-order valence-corrected chi connectivity index (χ1v) is 10.4. The van der Waals surface area contributed by atoms with Crippen molar-refractivity contribution in [3.05, 3.63) is 29.8 Å². The van der Waals surface area contributed by atoms with E-state index in [4.69, 9.17) is 9.47 Å². The molecular formula is C22H36N2O3. The van der Waals surface area contributed by atoms with Crippen molar-refractivity contribution in [3.63, 3.8) is 0 Å². The average Bonchev–Trinajstić information content (AvgIpc) is 2.72. The maximum atomic E-state index is 12.8. The SMILES string of the molecule is CCCCCCN(CCN1CCOCC1)C(=O)CCc1ccc(OC)cc1. The zero-order valence-electron chi connectivity index (χ0n) is 17.1. The normalized spacial score (nSPS) is 14.9. The van der Waals surface area contributed by atoms with E-state index in [1.54, 1.807) is 7.11 Å². The molecule has 5 heteroatoms. The second-order valence-corrected chi connectivity index (χ2v) is 7.24. The van der Waals surface area contributed by atoms with Gasteiger partial charge >= 0.3 is 0 Å². The van der Waals surface area contributed by atoms with E-state index in [1.165, 1.54) is 24.8 Å². The third kappa shape index (κ3) is 8.31. The Labute approximate surface area is 164 Å². The molecule has 1 aromatic carbocycles. The summed E-state index contributed by atoms with van der Waals surface area (Å²) in [6.45, 7) is 8.44. The molecule has 5 nitrogen and oxygen atoms in total. The Kier molecular flexibility index (Phi) is 10.2. The van der Waals surface area contributed by atoms with Gasteiger partial charge in [-0.05, 0) is 30.5 Å². The molecule has 0 spiro atoms. The molecule has 0 N–H and O–H groups in total. The van der Waals surface area contributed by atoms with Gasteiger partial charge < -0.3 is 14.4 Å². The van der Waals surface area contributed by atoms with E-state index in [0.717, 1.165) is 64.5 Å². The summed E-state index contributed by atoms with van der Waals surface area (Å²) in [5.74, 6) is 1.13. The first-order chi connectivity index (χ1) is 13.2. The predicted octanol–water partition coefficient (Wildman–Crippen LogP) is 3.37. The number of benzene rings is 1. The molecule has 0 radical (unpaired) electrons. The predicted molar refractivity (Wildman–Crippen MR) is 109 cm³/mol. The molecule has 0 atom stereocenters. The van der Waals surface area contributed by atoms with Gasteiger partial charge in [-0.25, -0.2) is 0 Å². The maximum absolute atomic E-state index is 12.8. The number of morpholine rings is 1. The van der Waals surface area contributed by atoms with Crippen LogP contribution in [0.2, 0.25) is 0 Å². The molecule has 0 aliphatic carbocycles. The zero-order valence-corrected chi connectivity index (χ0v) is 17.1. The van der Waals surface area contributed by atoms with Crippen molar-refractivity contribution < 1.29 is 14.3 Å². The van der Waals surface area contributed by atoms with Gasteiger partial charge in [0.1, 0.15) is 5.75 Å². The summed E-state index contributed by atoms with van der Waals surface area (Å²) in [6.07, 6.45) is 6.13. The smallest absolute Gasteiger partial charge is 0.222 e. The van der Waals surface area contributed by atoms with Gasteiger partial charge in [-0.2, -0.15) is 0 Å². The highest BCUT2D eigenvalue weighted by Crippen LogP contribution is 2.13. The number of hydrogen-bond acceptors (Lipinski definition) is 4. The fourth-order valence-corrected chi connectivity index (χ4v) is 3.38. The number of carbonyl (C=O) groups excluding carboxylic acids is 1. The van der Waals surface area contributed by atoms with Crippen molar-refractivity contribution in [1.82, 2.24) is 9.80 Å². The highest BCUT2D eigenvalue weighted by Gasteiger charge is 2.16. The Bertz CT molecular complexity index is 527. The van der Waals surface area contributed by atoms with E-state index in [2.05, 4.69) is 16.7 Å². The number of hydrogen-bond donors (Lipinski definition) is 0. The third-order valence-electron chi connectivity index (χ3n) is 5.21. The van der Waals surface area contributed by atoms with Crippen LogP contribution < -0.4 is 4.74 Å². The Morgan fingerprint density at radius 2 is 1.85 bits per heavy atom. The van der Waals surface area contributed by atoms with Gasteiger partial charge in [0.05, 0.1) is 20.3 Å². The minimum Gasteiger partial charge on any atom is -0.497 e. The fourth-order valence-electron chi connectivity index (χ4n) is 3.38. The van der Waals surface area contributed by atoms with Gasteiger partial charge in [-0.3, -0.25) is 9.69 Å². The van der Waals surface area contributed by atoms with E-state index >= 15 is 0 Å². The van der Waals surface area contributed by atoms with Crippen molar-refractivity contribution >= 4 is 5.91 Å². The highest BCUT2D eigenvalue weighted by molar-refractivity contribution is 5.76. The molecule has 1 heterocycles. The van der Waals surface area contributed by atoms with Crippen LogP contribution in [-0.2, 0) is 16.0 Å². The average molecular weight is 377 g/mol. The summed E-state index contributed by atoms with van der Waals surface area (Å²) in [7, 11) is 1.67. The number of carbonyl (C=O) groups is 1. The largest absolute Gasteiger partial charge is 0.497 e. The molecule has 1 aromatic rings. The van der Waals surface area contributed by atoms with E-state index in [9.17, 15) is 4.79 Å². The molecular weight excluding hydrogens is 340 g/mol. The Balaban J connectivity index is 1.81. The van der Waals surface area contributed by atoms with Gasteiger partial charge in [0.25, 0.3) is 0 Å². The monoisotopic (exact) mass is 376 g/mol. The van der Waals surface area contributed by atoms with E-state index in [1.807, 2.05) is 24.3 Å². The second kappa shape index (κ2) is 12.7. The fraction of sp³-hybridized carbons (Fsp3) is 0.682. The van der Waals surface area contributed by atoms with Crippen LogP contribution in [0.25, 0.3) is 0 Å². The molecule has 0 unspecified atom stereocenters. The molecule has 1 amide bonds. The summed E-state index contributed by atoms with van der Waals surface area (Å²) in [4.78, 5) is 17.3. The molecule has 152 valence electrons. The second-order valence-electron chi connectivity index (χ2n) is 7.24. The van der Waals surface area contributed by atoms with Gasteiger partial charge in [-0.1, -0.05) is 38.3 Å². The van der Waals surface area contributed by atoms with E-state index in [0.29, 0.717) is 6.42 Å². The van der Waals surface area contributed by atoms with Crippen LogP contribution in [0.1, 0.15) is 44.6 Å². The lowest BCUT2D eigenvalue weighted by molar-refractivity contribution is -0.131. The molecule has 2 rings (SSSR count). The molecule has 1 aliphatic heterocycles. The van der Waals surface area contributed by atoms with Gasteiger partial charge in [-0.15, -0.1) is 0 Å². The molecule has 27 heavy (non-hydrogen) atoms. The lowest BCUT2D eigenvalue weighted by atomic mass is 10.1. The van der Waals surface area contributed by atoms with Crippen molar-refractivity contribution in [2.24, 2.45) is 0 Å². The number of ether oxygens (including phenoxy) is 2. The Morgan fingerprint density at radius 3 is 2.52 bits per heavy atom. The Hall–Kier alpha value is -1.59. The van der Waals surface area contributed by atoms with Gasteiger partial charge in [0.15, 0.2) is 0 Å². The van der Waals surface area contributed by atoms with Crippen LogP contribution >= 0.6 is 0 Å². The van der Waals surface area contributed by atoms with Crippen LogP contribution in [0.3, 0.4) is 0 Å². The highest BCUT2D eigenvalue weighted by atomic mass is 16.5. The number of rotatable bonds is 12. The van der Waals surface area contributed by atoms with E-state index in [-0.39, 0.29) is 5.91 Å². The van der Waals surface area contributed by atoms with E-state index < -0.39 is 0 Å². The van der Waals surface area contributed by atoms with Crippen molar-refractivity contribution in [1.29, 1.82) is 0 Å². The lowest BCUT2D eigenvalue weighted by Gasteiger charge is -2.30. The summed E-state index contributed by atoms with van der Waals surface area (Å²) in [5, 5.41) is 0. The van der Waals surface area contributed by atoms with Crippen LogP contribution in [0.15, 0.2) is 24.3 Å². The topological polar surface area (TPSA) is 42.0 Å². The van der Waals surface area contributed by atoms with Gasteiger partial charge in [0, 0.05) is 39.1 Å². The summed E-state index contributed by atoms with van der Waals surface area (Å²) in [6, 6.07) is 8.01. The van der Waals surface area contributed by atoms with Crippen LogP contribution in [0.4, 0.5) is 0 Å². The molecule has 1 aliphatic rings. The van der Waals surface area contributed by atoms with Crippen molar-refractivity contribution in [2.45, 2.75) is 45.4 Å². The number of aryl methyl sites for hydroxylation is 1. The number of amides is 1.